The predicted molar refractivity (Wildman–Crippen MR) is 184 cm³/mol. The number of aromatic nitrogens is 1. The van der Waals surface area contributed by atoms with Gasteiger partial charge in [0, 0.05) is 34.6 Å². The Bertz CT molecular complexity index is 1630. The Morgan fingerprint density at radius 3 is 2.74 bits per heavy atom. The summed E-state index contributed by atoms with van der Waals surface area (Å²) in [5.74, 6) is 2.94. The molecular formula is C39H47ClN2O5. The molecule has 1 aromatic heterocycles. The van der Waals surface area contributed by atoms with E-state index in [0.717, 1.165) is 61.5 Å². The van der Waals surface area contributed by atoms with E-state index in [1.807, 2.05) is 24.4 Å². The van der Waals surface area contributed by atoms with Crippen LogP contribution in [0.5, 0.6) is 17.2 Å². The fourth-order valence-corrected chi connectivity index (χ4v) is 9.12. The van der Waals surface area contributed by atoms with Gasteiger partial charge in [-0.2, -0.15) is 0 Å². The Morgan fingerprint density at radius 2 is 1.96 bits per heavy atom. The van der Waals surface area contributed by atoms with Gasteiger partial charge in [0.15, 0.2) is 11.5 Å². The van der Waals surface area contributed by atoms with Gasteiger partial charge in [-0.25, -0.2) is 4.79 Å². The molecule has 7 rings (SSSR count). The average Bonchev–Trinajstić information content (AvgIpc) is 3.18. The zero-order chi connectivity index (χ0) is 32.8. The molecule has 7 nitrogen and oxygen atoms in total. The third kappa shape index (κ3) is 6.16. The lowest BCUT2D eigenvalue weighted by molar-refractivity contribution is -0.144. The van der Waals surface area contributed by atoms with Gasteiger partial charge in [0.05, 0.1) is 19.3 Å². The normalized spacial score (nSPS) is 28.6. The summed E-state index contributed by atoms with van der Waals surface area (Å²) >= 11 is 6.27. The number of benzene rings is 2. The van der Waals surface area contributed by atoms with Gasteiger partial charge in [-0.3, -0.25) is 4.98 Å². The number of ether oxygens (including phenoxy) is 3. The molecule has 3 aliphatic carbocycles. The van der Waals surface area contributed by atoms with E-state index in [1.54, 1.807) is 12.1 Å². The number of anilines is 1. The quantitative estimate of drug-likeness (QED) is 0.250. The molecule has 8 heteroatoms. The third-order valence-electron chi connectivity index (χ3n) is 11.5. The molecule has 1 fully saturated rings. The van der Waals surface area contributed by atoms with Crippen molar-refractivity contribution in [1.29, 1.82) is 0 Å². The second kappa shape index (κ2) is 12.9. The highest BCUT2D eigenvalue weighted by Gasteiger charge is 2.54. The predicted octanol–water partition coefficient (Wildman–Crippen LogP) is 8.75. The maximum absolute atomic E-state index is 12.9. The van der Waals surface area contributed by atoms with Crippen LogP contribution in [0.1, 0.15) is 100 Å². The maximum atomic E-state index is 12.9. The van der Waals surface area contributed by atoms with Crippen LogP contribution in [-0.4, -0.2) is 40.9 Å². The van der Waals surface area contributed by atoms with Gasteiger partial charge >= 0.3 is 5.97 Å². The van der Waals surface area contributed by atoms with Crippen molar-refractivity contribution in [2.75, 3.05) is 18.5 Å². The van der Waals surface area contributed by atoms with E-state index in [2.05, 4.69) is 43.2 Å². The highest BCUT2D eigenvalue weighted by molar-refractivity contribution is 6.30. The summed E-state index contributed by atoms with van der Waals surface area (Å²) in [6, 6.07) is 13.8. The first-order valence-corrected chi connectivity index (χ1v) is 17.9. The van der Waals surface area contributed by atoms with E-state index < -0.39 is 11.5 Å². The number of carboxylic acids is 1. The van der Waals surface area contributed by atoms with E-state index >= 15 is 0 Å². The lowest BCUT2D eigenvalue weighted by Crippen LogP contribution is -2.53. The molecule has 47 heavy (non-hydrogen) atoms. The largest absolute Gasteiger partial charge is 0.493 e. The molecular weight excluding hydrogens is 612 g/mol. The van der Waals surface area contributed by atoms with E-state index in [-0.39, 0.29) is 11.5 Å². The molecule has 1 saturated carbocycles. The van der Waals surface area contributed by atoms with E-state index in [0.29, 0.717) is 48.8 Å². The number of halogens is 1. The van der Waals surface area contributed by atoms with Crippen molar-refractivity contribution in [3.8, 4) is 17.2 Å². The molecule has 2 aromatic carbocycles. The zero-order valence-corrected chi connectivity index (χ0v) is 28.6. The summed E-state index contributed by atoms with van der Waals surface area (Å²) < 4.78 is 19.1. The van der Waals surface area contributed by atoms with E-state index in [4.69, 9.17) is 25.8 Å². The summed E-state index contributed by atoms with van der Waals surface area (Å²) in [5.41, 5.74) is 4.62. The molecule has 2 heterocycles. The summed E-state index contributed by atoms with van der Waals surface area (Å²) in [6.45, 7) is 7.95. The summed E-state index contributed by atoms with van der Waals surface area (Å²) in [4.78, 5) is 17.6. The standard InChI is InChI=1S/C39H47ClN2O5/c1-24(23-46-33-10-16-41-32-9-4-6-25(2)36(32)33)18-28-19-27-20-34-35(47-26(3)11-17-45-34)22-31(27)38(28)12-14-39(15-13-38,37(43)44)42-30-8-5-7-29(40)21-30/h5,7-8,10,16,20-22,24-26,28,42H,4,6,9,11-15,17-19,23H2,1-3H3,(H,43,44)/t24-,25-,26-,28+,38?,39?/m1/s1. The summed E-state index contributed by atoms with van der Waals surface area (Å²) in [5, 5.41) is 14.6. The molecule has 3 aromatic rings. The van der Waals surface area contributed by atoms with E-state index in [9.17, 15) is 9.90 Å². The van der Waals surface area contributed by atoms with Gasteiger partial charge < -0.3 is 24.6 Å². The highest BCUT2D eigenvalue weighted by Crippen LogP contribution is 2.58. The molecule has 4 aliphatic rings. The molecule has 0 saturated heterocycles. The van der Waals surface area contributed by atoms with Gasteiger partial charge in [-0.1, -0.05) is 31.5 Å². The first-order valence-electron chi connectivity index (χ1n) is 17.5. The lowest BCUT2D eigenvalue weighted by Gasteiger charge is -2.47. The molecule has 0 radical (unpaired) electrons. The maximum Gasteiger partial charge on any atom is 0.329 e. The first kappa shape index (κ1) is 32.1. The van der Waals surface area contributed by atoms with Crippen LogP contribution in [0, 0.1) is 11.8 Å². The van der Waals surface area contributed by atoms with Crippen LogP contribution < -0.4 is 19.5 Å². The van der Waals surface area contributed by atoms with Crippen molar-refractivity contribution in [3.63, 3.8) is 0 Å². The Kier molecular flexibility index (Phi) is 8.79. The summed E-state index contributed by atoms with van der Waals surface area (Å²) in [7, 11) is 0. The number of nitrogens with zero attached hydrogens (tertiary/aromatic N) is 1. The van der Waals surface area contributed by atoms with Crippen molar-refractivity contribution in [3.05, 3.63) is 76.1 Å². The van der Waals surface area contributed by atoms with Crippen molar-refractivity contribution in [2.45, 2.75) is 108 Å². The van der Waals surface area contributed by atoms with Crippen LogP contribution in [0.2, 0.25) is 5.02 Å². The van der Waals surface area contributed by atoms with Crippen molar-refractivity contribution >= 4 is 23.3 Å². The third-order valence-corrected chi connectivity index (χ3v) is 11.7. The van der Waals surface area contributed by atoms with Gasteiger partial charge in [0.2, 0.25) is 0 Å². The number of hydrogen-bond donors (Lipinski definition) is 2. The van der Waals surface area contributed by atoms with Crippen molar-refractivity contribution < 1.29 is 24.1 Å². The Labute approximate surface area is 283 Å². The molecule has 1 spiro atoms. The number of nitrogens with one attached hydrogen (secondary N) is 1. The van der Waals surface area contributed by atoms with Crippen LogP contribution in [0.15, 0.2) is 48.7 Å². The van der Waals surface area contributed by atoms with Crippen LogP contribution in [0.4, 0.5) is 5.69 Å². The average molecular weight is 659 g/mol. The van der Waals surface area contributed by atoms with Gasteiger partial charge in [-0.15, -0.1) is 0 Å². The number of aryl methyl sites for hydroxylation is 1. The Balaban J connectivity index is 1.16. The number of pyridine rings is 1. The molecule has 0 unspecified atom stereocenters. The van der Waals surface area contributed by atoms with Crippen LogP contribution >= 0.6 is 11.6 Å². The lowest BCUT2D eigenvalue weighted by atomic mass is 9.59. The number of rotatable bonds is 8. The molecule has 0 bridgehead atoms. The van der Waals surface area contributed by atoms with Crippen LogP contribution in [0.3, 0.4) is 0 Å². The minimum Gasteiger partial charge on any atom is -0.493 e. The Morgan fingerprint density at radius 1 is 1.13 bits per heavy atom. The number of hydrogen-bond acceptors (Lipinski definition) is 6. The molecule has 4 atom stereocenters. The number of aliphatic carboxylic acids is 1. The van der Waals surface area contributed by atoms with Crippen molar-refractivity contribution in [1.82, 2.24) is 4.98 Å². The molecule has 0 amide bonds. The minimum absolute atomic E-state index is 0.0779. The molecule has 2 N–H and O–H groups in total. The first-order chi connectivity index (χ1) is 22.7. The number of carbonyl (C=O) groups is 1. The Hall–Kier alpha value is -3.45. The monoisotopic (exact) mass is 658 g/mol. The van der Waals surface area contributed by atoms with Gasteiger partial charge in [-0.05, 0) is 135 Å². The van der Waals surface area contributed by atoms with Crippen LogP contribution in [-0.2, 0) is 23.1 Å². The highest BCUT2D eigenvalue weighted by atomic mass is 35.5. The second-order valence-corrected chi connectivity index (χ2v) is 15.2. The topological polar surface area (TPSA) is 89.9 Å². The smallest absolute Gasteiger partial charge is 0.329 e. The fourth-order valence-electron chi connectivity index (χ4n) is 8.93. The van der Waals surface area contributed by atoms with Crippen LogP contribution in [0.25, 0.3) is 0 Å². The van der Waals surface area contributed by atoms with Gasteiger partial charge in [0.1, 0.15) is 11.3 Å². The summed E-state index contributed by atoms with van der Waals surface area (Å²) in [6.07, 6.45) is 10.7. The molecule has 1 aliphatic heterocycles. The van der Waals surface area contributed by atoms with Crippen molar-refractivity contribution in [2.24, 2.45) is 11.8 Å². The second-order valence-electron chi connectivity index (χ2n) is 14.7. The minimum atomic E-state index is -1.06. The SMILES string of the molecule is C[C@@H](COc1ccnc2c1[C@H](C)CCC2)C[C@H]1Cc2cc3c(cc2C12CCC(Nc1cccc(Cl)c1)(C(=O)O)CC2)O[C@H](C)CCO3. The number of carboxylic acid groups (broad SMARTS) is 1. The fraction of sp³-hybridized carbons (Fsp3) is 0.538. The number of fused-ring (bicyclic) bond motifs is 4. The van der Waals surface area contributed by atoms with Gasteiger partial charge in [0.25, 0.3) is 0 Å². The zero-order valence-electron chi connectivity index (χ0n) is 27.8. The van der Waals surface area contributed by atoms with E-state index in [1.165, 1.54) is 35.2 Å². The molecule has 250 valence electrons.